The lowest BCUT2D eigenvalue weighted by Crippen LogP contribution is -2.43. The molecule has 0 aliphatic carbocycles. The molecule has 11 nitrogen and oxygen atoms in total. The summed E-state index contributed by atoms with van der Waals surface area (Å²) in [5.74, 6) is 0.686. The molecule has 1 fully saturated rings. The number of sulfone groups is 1. The van der Waals surface area contributed by atoms with Gasteiger partial charge >= 0.3 is 0 Å². The number of rotatable bonds is 12. The van der Waals surface area contributed by atoms with Gasteiger partial charge in [-0.15, -0.1) is 0 Å². The maximum atomic E-state index is 13.7. The highest BCUT2D eigenvalue weighted by molar-refractivity contribution is 7.93. The van der Waals surface area contributed by atoms with Crippen LogP contribution in [0.1, 0.15) is 62.0 Å². The summed E-state index contributed by atoms with van der Waals surface area (Å²) in [4.78, 5) is 20.1. The molecule has 44 heavy (non-hydrogen) atoms. The Bertz CT molecular complexity index is 1820. The number of hydrogen-bond acceptors (Lipinski definition) is 9. The molecule has 5 rings (SSSR count). The van der Waals surface area contributed by atoms with Crippen molar-refractivity contribution in [3.05, 3.63) is 64.9 Å². The van der Waals surface area contributed by atoms with E-state index >= 15 is 0 Å². The average molecular weight is 643 g/mol. The molecule has 13 heteroatoms. The van der Waals surface area contributed by atoms with Gasteiger partial charge in [0.25, 0.3) is 15.9 Å². The predicted octanol–water partition coefficient (Wildman–Crippen LogP) is 4.78. The highest BCUT2D eigenvalue weighted by Crippen LogP contribution is 2.37. The highest BCUT2D eigenvalue weighted by atomic mass is 32.2. The van der Waals surface area contributed by atoms with Crippen LogP contribution in [0.4, 0.5) is 5.82 Å². The molecule has 0 bridgehead atoms. The molecule has 236 valence electrons. The minimum Gasteiger partial charge on any atom is -0.377 e. The normalized spacial score (nSPS) is 19.6. The van der Waals surface area contributed by atoms with Gasteiger partial charge in [-0.3, -0.25) is 19.4 Å². The molecule has 1 spiro atoms. The molecule has 1 aromatic heterocycles. The molecule has 3 aromatic rings. The molecule has 1 amide bonds. The van der Waals surface area contributed by atoms with Crippen molar-refractivity contribution in [1.29, 1.82) is 0 Å². The van der Waals surface area contributed by atoms with Gasteiger partial charge < -0.3 is 9.26 Å². The monoisotopic (exact) mass is 642 g/mol. The van der Waals surface area contributed by atoms with Crippen molar-refractivity contribution >= 4 is 37.4 Å². The van der Waals surface area contributed by atoms with Crippen molar-refractivity contribution in [2.75, 3.05) is 22.8 Å². The van der Waals surface area contributed by atoms with Gasteiger partial charge in [-0.05, 0) is 56.4 Å². The summed E-state index contributed by atoms with van der Waals surface area (Å²) in [7, 11) is -7.38. The average Bonchev–Trinajstić information content (AvgIpc) is 3.57. The second kappa shape index (κ2) is 12.4. The Morgan fingerprint density at radius 2 is 1.89 bits per heavy atom. The fourth-order valence-corrected chi connectivity index (χ4v) is 8.78. The Balaban J connectivity index is 1.49. The van der Waals surface area contributed by atoms with Crippen LogP contribution in [-0.2, 0) is 42.5 Å². The Hall–Kier alpha value is -3.55. The Morgan fingerprint density at radius 3 is 2.55 bits per heavy atom. The molecule has 0 radical (unpaired) electrons. The summed E-state index contributed by atoms with van der Waals surface area (Å²) in [6.45, 7) is 8.25. The van der Waals surface area contributed by atoms with Crippen LogP contribution >= 0.6 is 0 Å². The molecular formula is C31H38N4O7S2. The van der Waals surface area contributed by atoms with E-state index in [1.165, 1.54) is 6.07 Å². The minimum atomic E-state index is -4.04. The van der Waals surface area contributed by atoms with Crippen molar-refractivity contribution in [3.63, 3.8) is 0 Å². The number of nitrogens with zero attached hydrogens (tertiary/aromatic N) is 3. The molecule has 3 heterocycles. The maximum Gasteiger partial charge on any atom is 0.263 e. The summed E-state index contributed by atoms with van der Waals surface area (Å²) in [6, 6.07) is 12.3. The van der Waals surface area contributed by atoms with Crippen molar-refractivity contribution < 1.29 is 30.9 Å². The third-order valence-electron chi connectivity index (χ3n) is 8.16. The molecule has 1 saturated heterocycles. The van der Waals surface area contributed by atoms with Crippen LogP contribution in [-0.4, -0.2) is 62.3 Å². The number of nitrogens with one attached hydrogen (secondary N) is 1. The van der Waals surface area contributed by atoms with Crippen molar-refractivity contribution in [2.45, 2.75) is 77.0 Å². The number of sulfonamides is 1. The lowest BCUT2D eigenvalue weighted by atomic mass is 9.96. The van der Waals surface area contributed by atoms with Crippen LogP contribution in [0, 0.1) is 13.8 Å². The molecule has 2 aliphatic rings. The largest absolute Gasteiger partial charge is 0.377 e. The summed E-state index contributed by atoms with van der Waals surface area (Å²) in [6.07, 6.45) is 2.51. The Labute approximate surface area is 258 Å². The van der Waals surface area contributed by atoms with Gasteiger partial charge in [0, 0.05) is 24.2 Å². The van der Waals surface area contributed by atoms with Crippen molar-refractivity contribution in [2.24, 2.45) is 4.99 Å². The van der Waals surface area contributed by atoms with E-state index in [0.717, 1.165) is 24.0 Å². The highest BCUT2D eigenvalue weighted by Gasteiger charge is 2.54. The zero-order chi connectivity index (χ0) is 31.7. The number of benzene rings is 2. The first-order valence-corrected chi connectivity index (χ1v) is 18.1. The minimum absolute atomic E-state index is 0.0443. The number of carbonyl (C=O) groups is 1. The summed E-state index contributed by atoms with van der Waals surface area (Å²) in [5, 5.41) is 3.85. The van der Waals surface area contributed by atoms with E-state index < -0.39 is 25.4 Å². The summed E-state index contributed by atoms with van der Waals surface area (Å²) in [5.41, 5.74) is 2.06. The van der Waals surface area contributed by atoms with E-state index in [1.807, 2.05) is 25.1 Å². The van der Waals surface area contributed by atoms with E-state index in [0.29, 0.717) is 41.3 Å². The number of amides is 1. The summed E-state index contributed by atoms with van der Waals surface area (Å²) >= 11 is 0. The number of ether oxygens (including phenoxy) is 1. The molecule has 1 N–H and O–H groups in total. The zero-order valence-electron chi connectivity index (χ0n) is 25.4. The van der Waals surface area contributed by atoms with Crippen LogP contribution in [0.15, 0.2) is 56.9 Å². The third kappa shape index (κ3) is 6.31. The van der Waals surface area contributed by atoms with E-state index in [-0.39, 0.29) is 47.7 Å². The van der Waals surface area contributed by atoms with E-state index in [4.69, 9.17) is 14.3 Å². The Kier molecular flexibility index (Phi) is 9.01. The smallest absolute Gasteiger partial charge is 0.263 e. The van der Waals surface area contributed by atoms with Crippen LogP contribution < -0.4 is 4.72 Å². The van der Waals surface area contributed by atoms with Gasteiger partial charge in [0.05, 0.1) is 29.6 Å². The second-order valence-electron chi connectivity index (χ2n) is 11.3. The van der Waals surface area contributed by atoms with E-state index in [2.05, 4.69) is 16.8 Å². The van der Waals surface area contributed by atoms with Gasteiger partial charge in [-0.25, -0.2) is 16.8 Å². The molecule has 2 aromatic carbocycles. The number of aromatic nitrogens is 1. The number of unbranched alkanes of at least 4 members (excludes halogenated alkanes) is 1. The number of anilines is 1. The van der Waals surface area contributed by atoms with E-state index in [9.17, 15) is 21.6 Å². The fraction of sp³-hybridized carbons (Fsp3) is 0.452. The molecule has 0 saturated carbocycles. The molecule has 2 aliphatic heterocycles. The molecule has 1 unspecified atom stereocenters. The lowest BCUT2D eigenvalue weighted by molar-refractivity contribution is -0.130. The van der Waals surface area contributed by atoms with E-state index in [1.54, 1.807) is 36.9 Å². The zero-order valence-corrected chi connectivity index (χ0v) is 27.1. The molecule has 1 atom stereocenters. The number of hydrogen-bond donors (Lipinski definition) is 1. The quantitative estimate of drug-likeness (QED) is 0.297. The summed E-state index contributed by atoms with van der Waals surface area (Å²) < 4.78 is 65.3. The SMILES string of the molecule is CCCCC1=NC2(CCS(=O)(=O)C2)C(=O)N1Cc1ccc(-c2ccccc2S(=O)(=O)Nc2noc(C)c2C)c(COCC)c1. The topological polar surface area (TPSA) is 148 Å². The molecular weight excluding hydrogens is 604 g/mol. The van der Waals surface area contributed by atoms with Crippen molar-refractivity contribution in [1.82, 2.24) is 10.1 Å². The number of aryl methyl sites for hydroxylation is 1. The third-order valence-corrected chi connectivity index (χ3v) is 11.3. The standard InChI is InChI=1S/C31H38N4O7S2/c1-5-7-12-28-32-31(15-16-43(37,38)20-31)30(36)35(28)18-23-13-14-25(24(17-23)19-41-6-2)26-10-8-9-11-27(26)44(39,40)34-29-21(3)22(4)42-33-29/h8-11,13-14,17H,5-7,12,15-16,18-20H2,1-4H3,(H,33,34). The van der Waals surface area contributed by atoms with Crippen LogP contribution in [0.5, 0.6) is 0 Å². The lowest BCUT2D eigenvalue weighted by Gasteiger charge is -2.23. The van der Waals surface area contributed by atoms with Gasteiger partial charge in [-0.1, -0.05) is 54.9 Å². The van der Waals surface area contributed by atoms with Gasteiger partial charge in [0.15, 0.2) is 21.2 Å². The second-order valence-corrected chi connectivity index (χ2v) is 15.2. The van der Waals surface area contributed by atoms with Crippen LogP contribution in [0.2, 0.25) is 0 Å². The predicted molar refractivity (Wildman–Crippen MR) is 168 cm³/mol. The van der Waals surface area contributed by atoms with Gasteiger partial charge in [-0.2, -0.15) is 0 Å². The van der Waals surface area contributed by atoms with Crippen LogP contribution in [0.3, 0.4) is 0 Å². The fourth-order valence-electron chi connectivity index (χ4n) is 5.64. The number of carbonyl (C=O) groups excluding carboxylic acids is 1. The number of aliphatic imine (C=N–C) groups is 1. The van der Waals surface area contributed by atoms with Gasteiger partial charge in [0.2, 0.25) is 0 Å². The Morgan fingerprint density at radius 1 is 1.11 bits per heavy atom. The first-order valence-electron chi connectivity index (χ1n) is 14.8. The maximum absolute atomic E-state index is 13.7. The first-order chi connectivity index (χ1) is 20.9. The first kappa shape index (κ1) is 31.9. The van der Waals surface area contributed by atoms with Crippen LogP contribution in [0.25, 0.3) is 11.1 Å². The number of amidine groups is 1. The van der Waals surface area contributed by atoms with Gasteiger partial charge in [0.1, 0.15) is 11.6 Å². The van der Waals surface area contributed by atoms with Crippen molar-refractivity contribution in [3.8, 4) is 11.1 Å².